The molecule has 2 saturated heterocycles. The molecule has 3 rings (SSSR count). The second-order valence-electron chi connectivity index (χ2n) is 6.61. The van der Waals surface area contributed by atoms with E-state index in [1.54, 1.807) is 0 Å². The first kappa shape index (κ1) is 14.8. The van der Waals surface area contributed by atoms with Crippen LogP contribution in [0, 0.1) is 0 Å². The molecule has 2 aliphatic heterocycles. The molecule has 118 valence electrons. The van der Waals surface area contributed by atoms with Crippen molar-refractivity contribution in [2.24, 2.45) is 0 Å². The fraction of sp³-hybridized carbons (Fsp3) is 0.867. The van der Waals surface area contributed by atoms with Crippen LogP contribution >= 0.6 is 0 Å². The molecule has 0 unspecified atom stereocenters. The van der Waals surface area contributed by atoms with E-state index in [9.17, 15) is 9.59 Å². The minimum Gasteiger partial charge on any atom is -0.350 e. The van der Waals surface area contributed by atoms with Crippen molar-refractivity contribution >= 4 is 11.8 Å². The first-order valence-electron chi connectivity index (χ1n) is 8.16. The molecule has 3 atom stereocenters. The fourth-order valence-corrected chi connectivity index (χ4v) is 3.63. The summed E-state index contributed by atoms with van der Waals surface area (Å²) in [6.45, 7) is 3.38. The van der Waals surface area contributed by atoms with Crippen LogP contribution in [0.1, 0.15) is 32.1 Å². The van der Waals surface area contributed by atoms with E-state index in [2.05, 4.69) is 22.6 Å². The van der Waals surface area contributed by atoms with Gasteiger partial charge < -0.3 is 20.4 Å². The van der Waals surface area contributed by atoms with Gasteiger partial charge in [-0.1, -0.05) is 12.8 Å². The standard InChI is InChI=1S/C15H26N4O2/c1-18-6-8-19(9-7-18)14(20)10-13-15(21)17-12-5-3-2-4-11(12)16-13/h11-13,16H,2-10H2,1H3,(H,17,21)/t11-,12+,13+/m1/s1. The Bertz CT molecular complexity index is 406. The average Bonchev–Trinajstić information content (AvgIpc) is 2.48. The number of amides is 2. The Kier molecular flexibility index (Phi) is 4.45. The predicted molar refractivity (Wildman–Crippen MR) is 79.8 cm³/mol. The molecule has 0 spiro atoms. The highest BCUT2D eigenvalue weighted by molar-refractivity contribution is 5.89. The minimum atomic E-state index is -0.350. The highest BCUT2D eigenvalue weighted by Gasteiger charge is 2.37. The van der Waals surface area contributed by atoms with Gasteiger partial charge in [-0.2, -0.15) is 0 Å². The molecule has 0 aromatic rings. The molecule has 3 fully saturated rings. The van der Waals surface area contributed by atoms with E-state index >= 15 is 0 Å². The van der Waals surface area contributed by atoms with Gasteiger partial charge in [0.15, 0.2) is 0 Å². The average molecular weight is 294 g/mol. The molecule has 0 aromatic heterocycles. The third-order valence-corrected chi connectivity index (χ3v) is 5.06. The highest BCUT2D eigenvalue weighted by atomic mass is 16.2. The summed E-state index contributed by atoms with van der Waals surface area (Å²) in [7, 11) is 2.07. The highest BCUT2D eigenvalue weighted by Crippen LogP contribution is 2.22. The molecule has 2 heterocycles. The largest absolute Gasteiger partial charge is 0.350 e. The van der Waals surface area contributed by atoms with Gasteiger partial charge in [0.1, 0.15) is 0 Å². The number of nitrogens with one attached hydrogen (secondary N) is 2. The van der Waals surface area contributed by atoms with Crippen LogP contribution in [0.25, 0.3) is 0 Å². The molecule has 0 aromatic carbocycles. The van der Waals surface area contributed by atoms with Crippen molar-refractivity contribution in [2.45, 2.75) is 50.2 Å². The molecule has 21 heavy (non-hydrogen) atoms. The number of hydrogen-bond acceptors (Lipinski definition) is 4. The van der Waals surface area contributed by atoms with E-state index in [4.69, 9.17) is 0 Å². The predicted octanol–water partition coefficient (Wildman–Crippen LogP) is -0.450. The van der Waals surface area contributed by atoms with Gasteiger partial charge in [-0.3, -0.25) is 9.59 Å². The first-order chi connectivity index (χ1) is 10.1. The maximum absolute atomic E-state index is 12.4. The lowest BCUT2D eigenvalue weighted by Gasteiger charge is -2.41. The molecule has 1 saturated carbocycles. The molecular weight excluding hydrogens is 268 g/mol. The van der Waals surface area contributed by atoms with Gasteiger partial charge in [-0.05, 0) is 19.9 Å². The quantitative estimate of drug-likeness (QED) is 0.724. The number of carbonyl (C=O) groups excluding carboxylic acids is 2. The maximum atomic E-state index is 12.4. The van der Waals surface area contributed by atoms with Crippen molar-refractivity contribution in [3.8, 4) is 0 Å². The molecular formula is C15H26N4O2. The number of hydrogen-bond donors (Lipinski definition) is 2. The molecule has 0 bridgehead atoms. The van der Waals surface area contributed by atoms with Crippen LogP contribution in [-0.2, 0) is 9.59 Å². The SMILES string of the molecule is CN1CCN(C(=O)C[C@@H]2N[C@@H]3CCCC[C@@H]3NC2=O)CC1. The Morgan fingerprint density at radius 3 is 2.52 bits per heavy atom. The van der Waals surface area contributed by atoms with Crippen LogP contribution < -0.4 is 10.6 Å². The van der Waals surface area contributed by atoms with E-state index in [0.29, 0.717) is 12.5 Å². The molecule has 2 amide bonds. The van der Waals surface area contributed by atoms with Crippen molar-refractivity contribution in [3.63, 3.8) is 0 Å². The summed E-state index contributed by atoms with van der Waals surface area (Å²) in [5, 5.41) is 6.52. The topological polar surface area (TPSA) is 64.7 Å². The second kappa shape index (κ2) is 6.32. The summed E-state index contributed by atoms with van der Waals surface area (Å²) in [5.74, 6) is 0.102. The Morgan fingerprint density at radius 1 is 1.14 bits per heavy atom. The summed E-state index contributed by atoms with van der Waals surface area (Å²) in [6, 6.07) is 0.263. The van der Waals surface area contributed by atoms with E-state index in [1.807, 2.05) is 4.90 Å². The minimum absolute atomic E-state index is 0.000581. The number of carbonyl (C=O) groups is 2. The monoisotopic (exact) mass is 294 g/mol. The summed E-state index contributed by atoms with van der Waals surface area (Å²) < 4.78 is 0. The van der Waals surface area contributed by atoms with Crippen LogP contribution in [-0.4, -0.2) is 73.0 Å². The molecule has 0 radical (unpaired) electrons. The van der Waals surface area contributed by atoms with Crippen LogP contribution in [0.4, 0.5) is 0 Å². The number of rotatable bonds is 2. The van der Waals surface area contributed by atoms with Crippen LogP contribution in [0.2, 0.25) is 0 Å². The van der Waals surface area contributed by atoms with Gasteiger partial charge in [0.25, 0.3) is 0 Å². The van der Waals surface area contributed by atoms with E-state index < -0.39 is 0 Å². The van der Waals surface area contributed by atoms with Gasteiger partial charge in [-0.25, -0.2) is 0 Å². The van der Waals surface area contributed by atoms with Crippen LogP contribution in [0.15, 0.2) is 0 Å². The van der Waals surface area contributed by atoms with Crippen molar-refractivity contribution in [1.29, 1.82) is 0 Å². The number of nitrogens with zero attached hydrogens (tertiary/aromatic N) is 2. The normalized spacial score (nSPS) is 34.2. The summed E-state index contributed by atoms with van der Waals surface area (Å²) in [4.78, 5) is 28.6. The molecule has 6 heteroatoms. The molecule has 2 N–H and O–H groups in total. The zero-order valence-electron chi connectivity index (χ0n) is 12.8. The van der Waals surface area contributed by atoms with Crippen molar-refractivity contribution < 1.29 is 9.59 Å². The van der Waals surface area contributed by atoms with Gasteiger partial charge in [0, 0.05) is 38.3 Å². The third kappa shape index (κ3) is 3.37. The molecule has 1 aliphatic carbocycles. The zero-order chi connectivity index (χ0) is 14.8. The van der Waals surface area contributed by atoms with E-state index in [0.717, 1.165) is 39.0 Å². The lowest BCUT2D eigenvalue weighted by molar-refractivity contribution is -0.137. The maximum Gasteiger partial charge on any atom is 0.237 e. The first-order valence-corrected chi connectivity index (χ1v) is 8.16. The summed E-state index contributed by atoms with van der Waals surface area (Å²) in [6.07, 6.45) is 4.85. The van der Waals surface area contributed by atoms with Crippen molar-refractivity contribution in [1.82, 2.24) is 20.4 Å². The summed E-state index contributed by atoms with van der Waals surface area (Å²) >= 11 is 0. The number of fused-ring (bicyclic) bond motifs is 1. The smallest absolute Gasteiger partial charge is 0.237 e. The van der Waals surface area contributed by atoms with E-state index in [1.165, 1.54) is 12.8 Å². The van der Waals surface area contributed by atoms with Crippen LogP contribution in [0.5, 0.6) is 0 Å². The van der Waals surface area contributed by atoms with Gasteiger partial charge in [-0.15, -0.1) is 0 Å². The third-order valence-electron chi connectivity index (χ3n) is 5.06. The lowest BCUT2D eigenvalue weighted by Crippen LogP contribution is -2.65. The zero-order valence-corrected chi connectivity index (χ0v) is 12.8. The van der Waals surface area contributed by atoms with Crippen molar-refractivity contribution in [3.05, 3.63) is 0 Å². The van der Waals surface area contributed by atoms with Crippen molar-refractivity contribution in [2.75, 3.05) is 33.2 Å². The van der Waals surface area contributed by atoms with Gasteiger partial charge >= 0.3 is 0 Å². The fourth-order valence-electron chi connectivity index (χ4n) is 3.63. The number of piperazine rings is 2. The Balaban J connectivity index is 1.54. The number of likely N-dealkylation sites (N-methyl/N-ethyl adjacent to an activating group) is 1. The summed E-state index contributed by atoms with van der Waals surface area (Å²) in [5.41, 5.74) is 0. The second-order valence-corrected chi connectivity index (χ2v) is 6.61. The lowest BCUT2D eigenvalue weighted by atomic mass is 9.87. The van der Waals surface area contributed by atoms with Gasteiger partial charge in [0.2, 0.25) is 11.8 Å². The molecule has 3 aliphatic rings. The molecule has 6 nitrogen and oxygen atoms in total. The van der Waals surface area contributed by atoms with E-state index in [-0.39, 0.29) is 23.9 Å². The Labute approximate surface area is 126 Å². The van der Waals surface area contributed by atoms with Crippen LogP contribution in [0.3, 0.4) is 0 Å². The Hall–Kier alpha value is -1.14. The van der Waals surface area contributed by atoms with Gasteiger partial charge in [0.05, 0.1) is 12.5 Å². The Morgan fingerprint density at radius 2 is 1.81 bits per heavy atom.